The van der Waals surface area contributed by atoms with E-state index in [4.69, 9.17) is 18.9 Å². The molecule has 1 saturated heterocycles. The van der Waals surface area contributed by atoms with Gasteiger partial charge in [-0.2, -0.15) is 8.42 Å². The molecule has 0 aromatic rings. The summed E-state index contributed by atoms with van der Waals surface area (Å²) in [5.41, 5.74) is 0. The first-order valence-corrected chi connectivity index (χ1v) is 24.4. The highest BCUT2D eigenvalue weighted by Gasteiger charge is 2.46. The van der Waals surface area contributed by atoms with Gasteiger partial charge < -0.3 is 34.3 Å². The molecular formula is C49H78O12S. The Kier molecular flexibility index (Phi) is 34.7. The van der Waals surface area contributed by atoms with Gasteiger partial charge in [0.05, 0.1) is 6.61 Å². The third-order valence-corrected chi connectivity index (χ3v) is 10.4. The maximum atomic E-state index is 12.8. The lowest BCUT2D eigenvalue weighted by Crippen LogP contribution is -2.60. The van der Waals surface area contributed by atoms with Gasteiger partial charge in [-0.05, 0) is 96.3 Å². The molecule has 62 heavy (non-hydrogen) atoms. The SMILES string of the molecule is CC/C=C/C/C=C/C/C=C/C/C=C/C/C=C/CCCCCC(=O)O[C@H](COC(=O)CCCC/C=C/C/C=C/C/C=C/CCCCC)CO[C@H]1O[C@H](CS(=O)(=O)O)[C@@H](O)C(O)C1O. The Bertz CT molecular complexity index is 1510. The van der Waals surface area contributed by atoms with E-state index < -0.39 is 71.2 Å². The van der Waals surface area contributed by atoms with Crippen LogP contribution in [0.1, 0.15) is 142 Å². The van der Waals surface area contributed by atoms with Gasteiger partial charge in [-0.15, -0.1) is 0 Å². The highest BCUT2D eigenvalue weighted by Crippen LogP contribution is 2.24. The first-order valence-electron chi connectivity index (χ1n) is 22.8. The molecule has 2 unspecified atom stereocenters. The molecule has 0 aromatic carbocycles. The molecule has 1 fully saturated rings. The number of ether oxygens (including phenoxy) is 4. The van der Waals surface area contributed by atoms with Crippen molar-refractivity contribution in [1.29, 1.82) is 0 Å². The summed E-state index contributed by atoms with van der Waals surface area (Å²) in [7, 11) is -4.62. The van der Waals surface area contributed by atoms with Crippen LogP contribution in [0.3, 0.4) is 0 Å². The van der Waals surface area contributed by atoms with Crippen molar-refractivity contribution < 1.29 is 56.8 Å². The number of unbranched alkanes of at least 4 members (excludes halogenated alkanes) is 8. The van der Waals surface area contributed by atoms with Crippen molar-refractivity contribution >= 4 is 22.1 Å². The lowest BCUT2D eigenvalue weighted by atomic mass is 10.00. The summed E-state index contributed by atoms with van der Waals surface area (Å²) in [4.78, 5) is 25.4. The van der Waals surface area contributed by atoms with Crippen LogP contribution in [0.4, 0.5) is 0 Å². The molecule has 1 aliphatic heterocycles. The minimum Gasteiger partial charge on any atom is -0.462 e. The number of aliphatic hydroxyl groups is 3. The van der Waals surface area contributed by atoms with E-state index in [9.17, 15) is 37.9 Å². The molecule has 0 radical (unpaired) electrons. The van der Waals surface area contributed by atoms with Crippen LogP contribution in [0.25, 0.3) is 0 Å². The van der Waals surface area contributed by atoms with Crippen LogP contribution in [0, 0.1) is 0 Å². The van der Waals surface area contributed by atoms with Crippen molar-refractivity contribution in [2.24, 2.45) is 0 Å². The van der Waals surface area contributed by atoms with E-state index in [1.165, 1.54) is 19.3 Å². The molecule has 13 heteroatoms. The van der Waals surface area contributed by atoms with Crippen molar-refractivity contribution in [3.8, 4) is 0 Å². The second-order valence-corrected chi connectivity index (χ2v) is 16.8. The van der Waals surface area contributed by atoms with Crippen molar-refractivity contribution in [2.45, 2.75) is 179 Å². The zero-order valence-electron chi connectivity index (χ0n) is 37.4. The van der Waals surface area contributed by atoms with Crippen LogP contribution in [0.5, 0.6) is 0 Å². The Hall–Kier alpha value is -3.43. The molecule has 6 atom stereocenters. The number of rotatable bonds is 36. The first-order chi connectivity index (χ1) is 30.0. The zero-order valence-corrected chi connectivity index (χ0v) is 38.2. The van der Waals surface area contributed by atoms with Crippen molar-refractivity contribution in [3.05, 3.63) is 97.2 Å². The fraction of sp³-hybridized carbons (Fsp3) is 0.633. The number of hydrogen-bond donors (Lipinski definition) is 4. The normalized spacial score (nSPS) is 20.8. The van der Waals surface area contributed by atoms with E-state index >= 15 is 0 Å². The molecule has 1 heterocycles. The molecular weight excluding hydrogens is 813 g/mol. The van der Waals surface area contributed by atoms with Gasteiger partial charge in [-0.25, -0.2) is 0 Å². The molecule has 0 spiro atoms. The van der Waals surface area contributed by atoms with E-state index in [1.807, 2.05) is 0 Å². The summed E-state index contributed by atoms with van der Waals surface area (Å²) < 4.78 is 54.0. The van der Waals surface area contributed by atoms with E-state index in [0.717, 1.165) is 83.5 Å². The highest BCUT2D eigenvalue weighted by molar-refractivity contribution is 7.85. The smallest absolute Gasteiger partial charge is 0.306 e. The van der Waals surface area contributed by atoms with Crippen LogP contribution in [0.15, 0.2) is 97.2 Å². The van der Waals surface area contributed by atoms with Crippen LogP contribution >= 0.6 is 0 Å². The van der Waals surface area contributed by atoms with Gasteiger partial charge in [-0.3, -0.25) is 14.1 Å². The lowest BCUT2D eigenvalue weighted by Gasteiger charge is -2.40. The monoisotopic (exact) mass is 891 g/mol. The Morgan fingerprint density at radius 3 is 1.52 bits per heavy atom. The van der Waals surface area contributed by atoms with Gasteiger partial charge in [0, 0.05) is 12.8 Å². The number of esters is 2. The van der Waals surface area contributed by atoms with E-state index in [0.29, 0.717) is 12.8 Å². The van der Waals surface area contributed by atoms with Crippen LogP contribution in [-0.2, 0) is 38.7 Å². The van der Waals surface area contributed by atoms with Gasteiger partial charge in [0.15, 0.2) is 12.4 Å². The number of aliphatic hydroxyl groups excluding tert-OH is 3. The van der Waals surface area contributed by atoms with Gasteiger partial charge in [0.25, 0.3) is 10.1 Å². The molecule has 0 aromatic heterocycles. The number of carbonyl (C=O) groups is 2. The number of carbonyl (C=O) groups excluding carboxylic acids is 2. The quantitative estimate of drug-likeness (QED) is 0.0202. The van der Waals surface area contributed by atoms with Gasteiger partial charge in [0.2, 0.25) is 0 Å². The standard InChI is InChI=1S/C49H78O12S/c1-3-5-7-9-11-13-15-17-19-20-21-22-24-26-28-30-32-34-36-38-45(51)60-42(40-59-49-48(54)47(53)46(52)43(61-49)41-62(55,56)57)39-58-44(50)37-35-33-31-29-27-25-23-18-16-14-12-10-8-6-4-2/h5,7,11-14,17-19,21-23,26-29,42-43,46-49,52-54H,3-4,6,8-10,15-16,20,24-25,30-41H2,1-2H3,(H,55,56,57)/b7-5+,13-11+,14-12+,19-17+,22-21+,23-18+,28-26+,29-27+/t42-,43-,46-,47?,48?,49+/m1/s1. The van der Waals surface area contributed by atoms with Crippen LogP contribution < -0.4 is 0 Å². The van der Waals surface area contributed by atoms with Crippen molar-refractivity contribution in [2.75, 3.05) is 19.0 Å². The minimum atomic E-state index is -4.62. The summed E-state index contributed by atoms with van der Waals surface area (Å²) in [5.74, 6) is -2.09. The second kappa shape index (κ2) is 38.1. The Balaban J connectivity index is 2.51. The van der Waals surface area contributed by atoms with E-state index in [-0.39, 0.29) is 19.4 Å². The topological polar surface area (TPSA) is 186 Å². The molecule has 1 aliphatic rings. The zero-order chi connectivity index (χ0) is 45.5. The maximum Gasteiger partial charge on any atom is 0.306 e. The fourth-order valence-electron chi connectivity index (χ4n) is 6.12. The third kappa shape index (κ3) is 32.3. The predicted molar refractivity (Wildman–Crippen MR) is 247 cm³/mol. The Morgan fingerprint density at radius 1 is 0.565 bits per heavy atom. The van der Waals surface area contributed by atoms with E-state index in [2.05, 4.69) is 111 Å². The summed E-state index contributed by atoms with van der Waals surface area (Å²) in [6, 6.07) is 0. The van der Waals surface area contributed by atoms with Gasteiger partial charge in [-0.1, -0.05) is 130 Å². The average molecular weight is 891 g/mol. The van der Waals surface area contributed by atoms with Crippen LogP contribution in [0.2, 0.25) is 0 Å². The van der Waals surface area contributed by atoms with Crippen LogP contribution in [-0.4, -0.2) is 96.0 Å². The average Bonchev–Trinajstić information content (AvgIpc) is 3.24. The molecule has 352 valence electrons. The molecule has 1 rings (SSSR count). The Morgan fingerprint density at radius 2 is 1.02 bits per heavy atom. The van der Waals surface area contributed by atoms with Crippen molar-refractivity contribution in [3.63, 3.8) is 0 Å². The van der Waals surface area contributed by atoms with Gasteiger partial charge in [0.1, 0.15) is 36.8 Å². The summed E-state index contributed by atoms with van der Waals surface area (Å²) in [5, 5.41) is 30.9. The first kappa shape index (κ1) is 56.6. The number of allylic oxidation sites excluding steroid dienone is 16. The molecule has 0 bridgehead atoms. The fourth-order valence-corrected chi connectivity index (χ4v) is 6.81. The summed E-state index contributed by atoms with van der Waals surface area (Å²) in [6.45, 7) is 3.54. The maximum absolute atomic E-state index is 12.8. The van der Waals surface area contributed by atoms with Crippen molar-refractivity contribution in [1.82, 2.24) is 0 Å². The molecule has 12 nitrogen and oxygen atoms in total. The number of hydrogen-bond acceptors (Lipinski definition) is 11. The van der Waals surface area contributed by atoms with E-state index in [1.54, 1.807) is 0 Å². The highest BCUT2D eigenvalue weighted by atomic mass is 32.2. The largest absolute Gasteiger partial charge is 0.462 e. The second-order valence-electron chi connectivity index (χ2n) is 15.3. The molecule has 4 N–H and O–H groups in total. The Labute approximate surface area is 373 Å². The van der Waals surface area contributed by atoms with Gasteiger partial charge >= 0.3 is 11.9 Å². The lowest BCUT2D eigenvalue weighted by molar-refractivity contribution is -0.297. The summed E-state index contributed by atoms with van der Waals surface area (Å²) >= 11 is 0. The predicted octanol–water partition coefficient (Wildman–Crippen LogP) is 9.44. The molecule has 0 aliphatic carbocycles. The summed E-state index contributed by atoms with van der Waals surface area (Å²) in [6.07, 6.45) is 41.6. The minimum absolute atomic E-state index is 0.111. The third-order valence-electron chi connectivity index (χ3n) is 9.65. The molecule has 0 saturated carbocycles. The molecule has 0 amide bonds.